The number of nitrogens with two attached hydrogens (primary N) is 1. The molecule has 5 heteroatoms. The van der Waals surface area contributed by atoms with Crippen LogP contribution in [0, 0.1) is 6.92 Å². The fraction of sp³-hybridized carbons (Fsp3) is 0.385. The molecule has 18 heavy (non-hydrogen) atoms. The van der Waals surface area contributed by atoms with Crippen LogP contribution in [0.25, 0.3) is 0 Å². The fourth-order valence-corrected chi connectivity index (χ4v) is 1.83. The second kappa shape index (κ2) is 6.05. The number of hydrogen-bond donors (Lipinski definition) is 2. The summed E-state index contributed by atoms with van der Waals surface area (Å²) in [6.45, 7) is 4.27. The molecular weight excluding hydrogens is 232 g/mol. The first-order valence-electron chi connectivity index (χ1n) is 5.83. The minimum Gasteiger partial charge on any atom is -0.480 e. The number of aliphatic carboxylic acids is 1. The molecule has 0 saturated carbocycles. The number of carboxylic acids is 1. The minimum absolute atomic E-state index is 0.141. The molecule has 3 N–H and O–H groups in total. The fourth-order valence-electron chi connectivity index (χ4n) is 1.83. The lowest BCUT2D eigenvalue weighted by molar-refractivity contribution is -0.135. The van der Waals surface area contributed by atoms with Crippen LogP contribution in [-0.2, 0) is 4.79 Å². The Bertz CT molecular complexity index is 458. The molecule has 1 rings (SSSR count). The van der Waals surface area contributed by atoms with Gasteiger partial charge in [0.1, 0.15) is 6.54 Å². The molecule has 1 amide bonds. The van der Waals surface area contributed by atoms with Gasteiger partial charge in [-0.25, -0.2) is 0 Å². The molecule has 1 aromatic carbocycles. The predicted octanol–water partition coefficient (Wildman–Crippen LogP) is 1.39. The average molecular weight is 250 g/mol. The molecule has 0 heterocycles. The Morgan fingerprint density at radius 1 is 1.39 bits per heavy atom. The zero-order valence-electron chi connectivity index (χ0n) is 10.6. The van der Waals surface area contributed by atoms with Gasteiger partial charge in [-0.15, -0.1) is 0 Å². The van der Waals surface area contributed by atoms with Gasteiger partial charge in [-0.2, -0.15) is 0 Å². The summed E-state index contributed by atoms with van der Waals surface area (Å²) in [5.74, 6) is -1.48. The van der Waals surface area contributed by atoms with E-state index in [2.05, 4.69) is 0 Å². The number of benzene rings is 1. The number of carbonyl (C=O) groups excluding carboxylic acids is 1. The van der Waals surface area contributed by atoms with Gasteiger partial charge < -0.3 is 15.7 Å². The van der Waals surface area contributed by atoms with Crippen molar-refractivity contribution in [1.29, 1.82) is 0 Å². The van der Waals surface area contributed by atoms with E-state index in [0.717, 1.165) is 12.0 Å². The molecule has 0 fully saturated rings. The summed E-state index contributed by atoms with van der Waals surface area (Å²) in [6, 6.07) is 5.21. The first-order valence-corrected chi connectivity index (χ1v) is 5.83. The molecule has 0 bridgehead atoms. The minimum atomic E-state index is -0.930. The lowest BCUT2D eigenvalue weighted by atomic mass is 10.1. The standard InChI is InChI=1S/C13H18N2O3/c1-3-6-15(8-12(16)17)11-7-9(2)4-5-10(11)13(14)18/h4-5,7H,3,6,8H2,1-2H3,(H2,14,18)(H,16,17). The maximum Gasteiger partial charge on any atom is 0.323 e. The maximum absolute atomic E-state index is 11.4. The largest absolute Gasteiger partial charge is 0.480 e. The predicted molar refractivity (Wildman–Crippen MR) is 69.8 cm³/mol. The Hall–Kier alpha value is -2.04. The van der Waals surface area contributed by atoms with Crippen LogP contribution in [-0.4, -0.2) is 30.1 Å². The van der Waals surface area contributed by atoms with Crippen molar-refractivity contribution in [1.82, 2.24) is 0 Å². The molecular formula is C13H18N2O3. The number of aryl methyl sites for hydroxylation is 1. The zero-order chi connectivity index (χ0) is 13.7. The van der Waals surface area contributed by atoms with Gasteiger partial charge in [-0.3, -0.25) is 9.59 Å². The first kappa shape index (κ1) is 14.0. The van der Waals surface area contributed by atoms with E-state index in [1.165, 1.54) is 0 Å². The van der Waals surface area contributed by atoms with Crippen molar-refractivity contribution in [3.05, 3.63) is 29.3 Å². The number of amides is 1. The van der Waals surface area contributed by atoms with Gasteiger partial charge in [0, 0.05) is 6.54 Å². The number of rotatable bonds is 6. The van der Waals surface area contributed by atoms with E-state index in [1.54, 1.807) is 23.1 Å². The molecule has 0 aliphatic rings. The molecule has 5 nitrogen and oxygen atoms in total. The number of carbonyl (C=O) groups is 2. The van der Waals surface area contributed by atoms with Crippen LogP contribution in [0.4, 0.5) is 5.69 Å². The monoisotopic (exact) mass is 250 g/mol. The van der Waals surface area contributed by atoms with Crippen LogP contribution < -0.4 is 10.6 Å². The highest BCUT2D eigenvalue weighted by molar-refractivity contribution is 5.99. The normalized spacial score (nSPS) is 10.1. The summed E-state index contributed by atoms with van der Waals surface area (Å²) in [5, 5.41) is 8.91. The Morgan fingerprint density at radius 2 is 2.06 bits per heavy atom. The van der Waals surface area contributed by atoms with Gasteiger partial charge >= 0.3 is 5.97 Å². The molecule has 0 spiro atoms. The van der Waals surface area contributed by atoms with Gasteiger partial charge in [-0.05, 0) is 31.0 Å². The van der Waals surface area contributed by atoms with Gasteiger partial charge in [0.15, 0.2) is 0 Å². The molecule has 98 valence electrons. The van der Waals surface area contributed by atoms with Crippen LogP contribution in [0.15, 0.2) is 18.2 Å². The van der Waals surface area contributed by atoms with Crippen molar-refractivity contribution in [2.24, 2.45) is 5.73 Å². The molecule has 0 aliphatic heterocycles. The number of nitrogens with zero attached hydrogens (tertiary/aromatic N) is 1. The SMILES string of the molecule is CCCN(CC(=O)O)c1cc(C)ccc1C(N)=O. The zero-order valence-corrected chi connectivity index (χ0v) is 10.6. The van der Waals surface area contributed by atoms with E-state index < -0.39 is 11.9 Å². The number of primary amides is 1. The summed E-state index contributed by atoms with van der Waals surface area (Å²) in [6.07, 6.45) is 0.791. The third kappa shape index (κ3) is 3.48. The molecule has 0 aliphatic carbocycles. The highest BCUT2D eigenvalue weighted by atomic mass is 16.4. The highest BCUT2D eigenvalue weighted by Crippen LogP contribution is 2.22. The van der Waals surface area contributed by atoms with E-state index in [-0.39, 0.29) is 6.54 Å². The van der Waals surface area contributed by atoms with Gasteiger partial charge in [-0.1, -0.05) is 13.0 Å². The van der Waals surface area contributed by atoms with Crippen LogP contribution in [0.2, 0.25) is 0 Å². The van der Waals surface area contributed by atoms with Crippen LogP contribution in [0.5, 0.6) is 0 Å². The summed E-state index contributed by atoms with van der Waals surface area (Å²) in [5.41, 5.74) is 7.22. The Labute approximate surface area is 106 Å². The lowest BCUT2D eigenvalue weighted by Gasteiger charge is -2.24. The quantitative estimate of drug-likeness (QED) is 0.799. The van der Waals surface area contributed by atoms with Crippen LogP contribution in [0.1, 0.15) is 29.3 Å². The van der Waals surface area contributed by atoms with E-state index >= 15 is 0 Å². The van der Waals surface area contributed by atoms with Crippen molar-refractivity contribution in [2.45, 2.75) is 20.3 Å². The first-order chi connectivity index (χ1) is 8.45. The summed E-state index contributed by atoms with van der Waals surface area (Å²) >= 11 is 0. The Morgan fingerprint density at radius 3 is 2.56 bits per heavy atom. The molecule has 1 aromatic rings. The summed E-state index contributed by atoms with van der Waals surface area (Å²) in [4.78, 5) is 23.9. The van der Waals surface area contributed by atoms with Crippen molar-refractivity contribution in [3.63, 3.8) is 0 Å². The Kier molecular flexibility index (Phi) is 4.71. The van der Waals surface area contributed by atoms with Crippen molar-refractivity contribution in [3.8, 4) is 0 Å². The maximum atomic E-state index is 11.4. The molecule has 0 saturated heterocycles. The molecule has 0 radical (unpaired) electrons. The topological polar surface area (TPSA) is 83.6 Å². The third-order valence-corrected chi connectivity index (χ3v) is 2.58. The van der Waals surface area contributed by atoms with E-state index in [4.69, 9.17) is 10.8 Å². The number of anilines is 1. The van der Waals surface area contributed by atoms with Gasteiger partial charge in [0.05, 0.1) is 11.3 Å². The van der Waals surface area contributed by atoms with Gasteiger partial charge in [0.2, 0.25) is 0 Å². The second-order valence-electron chi connectivity index (χ2n) is 4.20. The highest BCUT2D eigenvalue weighted by Gasteiger charge is 2.16. The lowest BCUT2D eigenvalue weighted by Crippen LogP contribution is -2.32. The number of carboxylic acid groups (broad SMARTS) is 1. The smallest absolute Gasteiger partial charge is 0.323 e. The molecule has 0 atom stereocenters. The third-order valence-electron chi connectivity index (χ3n) is 2.58. The van der Waals surface area contributed by atoms with E-state index in [1.807, 2.05) is 13.8 Å². The van der Waals surface area contributed by atoms with Gasteiger partial charge in [0.25, 0.3) is 5.91 Å². The van der Waals surface area contributed by atoms with Crippen molar-refractivity contribution in [2.75, 3.05) is 18.0 Å². The second-order valence-corrected chi connectivity index (χ2v) is 4.20. The Balaban J connectivity index is 3.19. The van der Waals surface area contributed by atoms with Crippen LogP contribution >= 0.6 is 0 Å². The molecule has 0 unspecified atom stereocenters. The molecule has 0 aromatic heterocycles. The van der Waals surface area contributed by atoms with Crippen LogP contribution in [0.3, 0.4) is 0 Å². The van der Waals surface area contributed by atoms with Crippen molar-refractivity contribution < 1.29 is 14.7 Å². The van der Waals surface area contributed by atoms with Crippen molar-refractivity contribution >= 4 is 17.6 Å². The van der Waals surface area contributed by atoms with E-state index in [9.17, 15) is 9.59 Å². The average Bonchev–Trinajstić information content (AvgIpc) is 2.27. The van der Waals surface area contributed by atoms with E-state index in [0.29, 0.717) is 17.8 Å². The number of hydrogen-bond acceptors (Lipinski definition) is 3. The summed E-state index contributed by atoms with van der Waals surface area (Å²) in [7, 11) is 0. The summed E-state index contributed by atoms with van der Waals surface area (Å²) < 4.78 is 0.